The summed E-state index contributed by atoms with van der Waals surface area (Å²) in [6.45, 7) is 4.25. The van der Waals surface area contributed by atoms with E-state index in [-0.39, 0.29) is 18.9 Å². The number of carbonyl (C=O) groups excluding carboxylic acids is 1. The molecule has 0 heterocycles. The molecule has 0 saturated heterocycles. The fourth-order valence-electron chi connectivity index (χ4n) is 8.87. The zero-order valence-electron chi connectivity index (χ0n) is 40.9. The summed E-state index contributed by atoms with van der Waals surface area (Å²) in [6, 6.07) is -0.741. The van der Waals surface area contributed by atoms with Crippen LogP contribution in [0, 0.1) is 0 Å². The highest BCUT2D eigenvalue weighted by atomic mass is 16.3. The predicted octanol–water partition coefficient (Wildman–Crippen LogP) is 16.7. The third-order valence-corrected chi connectivity index (χ3v) is 13.1. The number of aliphatic hydroxyl groups excluding tert-OH is 3. The first-order chi connectivity index (χ1) is 29.5. The van der Waals surface area contributed by atoms with Crippen molar-refractivity contribution < 1.29 is 20.1 Å². The van der Waals surface area contributed by atoms with Gasteiger partial charge in [-0.15, -0.1) is 0 Å². The van der Waals surface area contributed by atoms with Gasteiger partial charge in [-0.25, -0.2) is 0 Å². The number of hydrogen-bond donors (Lipinski definition) is 4. The fourth-order valence-corrected chi connectivity index (χ4v) is 8.87. The van der Waals surface area contributed by atoms with Gasteiger partial charge in [-0.05, 0) is 19.3 Å². The molecule has 0 aromatic heterocycles. The highest BCUT2D eigenvalue weighted by Gasteiger charge is 2.20. The minimum atomic E-state index is -0.926. The lowest BCUT2D eigenvalue weighted by atomic mass is 10.0. The van der Waals surface area contributed by atoms with Crippen LogP contribution in [-0.4, -0.2) is 46.1 Å². The summed E-state index contributed by atoms with van der Waals surface area (Å²) in [5.74, 6) is -0.308. The number of amides is 1. The van der Waals surface area contributed by atoms with Gasteiger partial charge in [0, 0.05) is 0 Å². The van der Waals surface area contributed by atoms with E-state index >= 15 is 0 Å². The molecule has 0 aromatic carbocycles. The molecule has 0 aliphatic carbocycles. The van der Waals surface area contributed by atoms with Crippen molar-refractivity contribution in [2.24, 2.45) is 0 Å². The molecule has 0 fully saturated rings. The molecule has 0 aromatic rings. The Bertz CT molecular complexity index is 848. The smallest absolute Gasteiger partial charge is 0.222 e. The van der Waals surface area contributed by atoms with Crippen LogP contribution in [0.4, 0.5) is 0 Å². The molecular formula is C55H109NO4. The summed E-state index contributed by atoms with van der Waals surface area (Å²) >= 11 is 0. The Morgan fingerprint density at radius 3 is 0.967 bits per heavy atom. The topological polar surface area (TPSA) is 89.8 Å². The van der Waals surface area contributed by atoms with E-state index in [0.717, 1.165) is 25.7 Å². The summed E-state index contributed by atoms with van der Waals surface area (Å²) in [5.41, 5.74) is 0. The lowest BCUT2D eigenvalue weighted by Gasteiger charge is -2.21. The highest BCUT2D eigenvalue weighted by molar-refractivity contribution is 5.76. The minimum Gasteiger partial charge on any atom is -0.394 e. The largest absolute Gasteiger partial charge is 0.394 e. The molecular weight excluding hydrogens is 739 g/mol. The summed E-state index contributed by atoms with van der Waals surface area (Å²) in [5, 5.41) is 33.4. The fraction of sp³-hybridized carbons (Fsp3) is 0.945. The van der Waals surface area contributed by atoms with E-state index < -0.39 is 18.2 Å². The molecule has 3 unspecified atom stereocenters. The standard InChI is InChI=1S/C55H109NO4/c1-3-5-7-9-11-13-15-17-19-21-23-25-26-27-28-29-30-32-34-36-38-40-42-44-46-48-52(58)50-55(60)56-53(51-57)54(59)49-47-45-43-41-39-37-35-33-31-24-22-20-18-16-14-12-10-8-6-4-2/h47,49,52-54,57-59H,3-46,48,50-51H2,1-2H3,(H,56,60)/b49-47+. The molecule has 4 N–H and O–H groups in total. The van der Waals surface area contributed by atoms with Crippen LogP contribution in [0.3, 0.4) is 0 Å². The van der Waals surface area contributed by atoms with Crippen molar-refractivity contribution in [2.75, 3.05) is 6.61 Å². The molecule has 60 heavy (non-hydrogen) atoms. The molecule has 1 amide bonds. The van der Waals surface area contributed by atoms with E-state index in [9.17, 15) is 20.1 Å². The Balaban J connectivity index is 3.54. The van der Waals surface area contributed by atoms with E-state index in [1.807, 2.05) is 6.08 Å². The van der Waals surface area contributed by atoms with Gasteiger partial charge in [-0.1, -0.05) is 296 Å². The molecule has 0 spiro atoms. The molecule has 5 nitrogen and oxygen atoms in total. The average Bonchev–Trinajstić information content (AvgIpc) is 3.24. The van der Waals surface area contributed by atoms with E-state index in [2.05, 4.69) is 19.2 Å². The normalized spacial score (nSPS) is 13.3. The molecule has 0 radical (unpaired) electrons. The summed E-state index contributed by atoms with van der Waals surface area (Å²) in [6.07, 6.45) is 62.5. The van der Waals surface area contributed by atoms with Gasteiger partial charge in [0.05, 0.1) is 31.3 Å². The van der Waals surface area contributed by atoms with Crippen molar-refractivity contribution in [3.63, 3.8) is 0 Å². The third-order valence-electron chi connectivity index (χ3n) is 13.1. The Kier molecular flexibility index (Phi) is 50.0. The molecule has 5 heteroatoms. The number of carbonyl (C=O) groups is 1. The SMILES string of the molecule is CCCCCCCCCCCCCCCCCCCC/C=C/C(O)C(CO)NC(=O)CC(O)CCCCCCCCCCCCCCCCCCCCCCCCCCC. The first-order valence-corrected chi connectivity index (χ1v) is 27.5. The number of hydrogen-bond acceptors (Lipinski definition) is 4. The van der Waals surface area contributed by atoms with E-state index in [1.54, 1.807) is 6.08 Å². The second-order valence-corrected chi connectivity index (χ2v) is 19.2. The van der Waals surface area contributed by atoms with Crippen molar-refractivity contribution in [3.8, 4) is 0 Å². The molecule has 0 aliphatic rings. The molecule has 0 aliphatic heterocycles. The first kappa shape index (κ1) is 59.1. The summed E-state index contributed by atoms with van der Waals surface area (Å²) < 4.78 is 0. The number of allylic oxidation sites excluding steroid dienone is 1. The Morgan fingerprint density at radius 2 is 0.683 bits per heavy atom. The monoisotopic (exact) mass is 848 g/mol. The maximum absolute atomic E-state index is 12.5. The van der Waals surface area contributed by atoms with Crippen LogP contribution in [0.1, 0.15) is 309 Å². The molecule has 0 saturated carbocycles. The van der Waals surface area contributed by atoms with Gasteiger partial charge in [0.15, 0.2) is 0 Å². The van der Waals surface area contributed by atoms with E-state index in [4.69, 9.17) is 0 Å². The van der Waals surface area contributed by atoms with Crippen LogP contribution in [0.15, 0.2) is 12.2 Å². The number of aliphatic hydroxyl groups is 3. The number of nitrogens with one attached hydrogen (secondary N) is 1. The second-order valence-electron chi connectivity index (χ2n) is 19.2. The summed E-state index contributed by atoms with van der Waals surface area (Å²) in [4.78, 5) is 12.5. The summed E-state index contributed by atoms with van der Waals surface area (Å²) in [7, 11) is 0. The minimum absolute atomic E-state index is 0.0195. The van der Waals surface area contributed by atoms with E-state index in [1.165, 1.54) is 257 Å². The second kappa shape index (κ2) is 50.7. The van der Waals surface area contributed by atoms with Crippen molar-refractivity contribution in [1.82, 2.24) is 5.32 Å². The van der Waals surface area contributed by atoms with Crippen LogP contribution in [0.25, 0.3) is 0 Å². The molecule has 3 atom stereocenters. The third kappa shape index (κ3) is 46.6. The van der Waals surface area contributed by atoms with Crippen molar-refractivity contribution in [2.45, 2.75) is 327 Å². The first-order valence-electron chi connectivity index (χ1n) is 27.5. The lowest BCUT2D eigenvalue weighted by molar-refractivity contribution is -0.124. The van der Waals surface area contributed by atoms with Crippen molar-refractivity contribution in [1.29, 1.82) is 0 Å². The van der Waals surface area contributed by atoms with Crippen LogP contribution >= 0.6 is 0 Å². The molecule has 358 valence electrons. The quantitative estimate of drug-likeness (QED) is 0.0363. The Hall–Kier alpha value is -0.910. The number of unbranched alkanes of at least 4 members (excludes halogenated alkanes) is 42. The zero-order valence-corrected chi connectivity index (χ0v) is 40.9. The van der Waals surface area contributed by atoms with Gasteiger partial charge in [0.25, 0.3) is 0 Å². The van der Waals surface area contributed by atoms with Crippen LogP contribution in [0.2, 0.25) is 0 Å². The van der Waals surface area contributed by atoms with Gasteiger partial charge in [-0.3, -0.25) is 4.79 Å². The average molecular weight is 848 g/mol. The van der Waals surface area contributed by atoms with Crippen LogP contribution in [0.5, 0.6) is 0 Å². The van der Waals surface area contributed by atoms with E-state index in [0.29, 0.717) is 6.42 Å². The Morgan fingerprint density at radius 1 is 0.417 bits per heavy atom. The van der Waals surface area contributed by atoms with Gasteiger partial charge in [-0.2, -0.15) is 0 Å². The van der Waals surface area contributed by atoms with Crippen LogP contribution in [-0.2, 0) is 4.79 Å². The molecule has 0 bridgehead atoms. The van der Waals surface area contributed by atoms with Gasteiger partial charge in [0.1, 0.15) is 0 Å². The zero-order chi connectivity index (χ0) is 43.7. The highest BCUT2D eigenvalue weighted by Crippen LogP contribution is 2.18. The van der Waals surface area contributed by atoms with Gasteiger partial charge < -0.3 is 20.6 Å². The van der Waals surface area contributed by atoms with Crippen molar-refractivity contribution in [3.05, 3.63) is 12.2 Å². The van der Waals surface area contributed by atoms with Crippen LogP contribution < -0.4 is 5.32 Å². The maximum atomic E-state index is 12.5. The predicted molar refractivity (Wildman–Crippen MR) is 264 cm³/mol. The number of rotatable bonds is 51. The lowest BCUT2D eigenvalue weighted by Crippen LogP contribution is -2.45. The van der Waals surface area contributed by atoms with Gasteiger partial charge in [0.2, 0.25) is 5.91 Å². The van der Waals surface area contributed by atoms with Crippen molar-refractivity contribution >= 4 is 5.91 Å². The maximum Gasteiger partial charge on any atom is 0.222 e. The Labute approximate surface area is 376 Å². The molecule has 0 rings (SSSR count). The van der Waals surface area contributed by atoms with Gasteiger partial charge >= 0.3 is 0 Å².